The quantitative estimate of drug-likeness (QED) is 0.0783. The molecule has 0 saturated carbocycles. The third-order valence-corrected chi connectivity index (χ3v) is 11.0. The Morgan fingerprint density at radius 1 is 0.710 bits per heavy atom. The summed E-state index contributed by atoms with van der Waals surface area (Å²) in [6.45, 7) is 8.77. The van der Waals surface area contributed by atoms with E-state index in [4.69, 9.17) is 10.2 Å². The van der Waals surface area contributed by atoms with E-state index in [2.05, 4.69) is 20.8 Å². The molecule has 186 valence electrons. The number of hydrogen-bond acceptors (Lipinski definition) is 3. The Kier molecular flexibility index (Phi) is 31.1. The van der Waals surface area contributed by atoms with E-state index in [9.17, 15) is 4.79 Å². The van der Waals surface area contributed by atoms with Crippen LogP contribution in [0.4, 0.5) is 0 Å². The van der Waals surface area contributed by atoms with Gasteiger partial charge in [0.05, 0.1) is 0 Å². The first kappa shape index (κ1) is 33.8. The first-order chi connectivity index (χ1) is 15.0. The van der Waals surface area contributed by atoms with Crippen molar-refractivity contribution >= 4 is 38.9 Å². The first-order valence-corrected chi connectivity index (χ1v) is 18.3. The van der Waals surface area contributed by atoms with Gasteiger partial charge in [-0.25, -0.2) is 4.79 Å². The summed E-state index contributed by atoms with van der Waals surface area (Å²) in [6, 6.07) is 0. The van der Waals surface area contributed by atoms with Crippen LogP contribution in [0.5, 0.6) is 0 Å². The molecule has 2 radical (unpaired) electrons. The van der Waals surface area contributed by atoms with Crippen LogP contribution in [0.3, 0.4) is 0 Å². The van der Waals surface area contributed by atoms with Gasteiger partial charge in [-0.05, 0) is 12.8 Å². The molecule has 0 aliphatic heterocycles. The summed E-state index contributed by atoms with van der Waals surface area (Å²) in [5.41, 5.74) is -1.26. The van der Waals surface area contributed by atoms with Gasteiger partial charge in [-0.1, -0.05) is 33.1 Å². The van der Waals surface area contributed by atoms with Crippen molar-refractivity contribution in [1.29, 1.82) is 0 Å². The summed E-state index contributed by atoms with van der Waals surface area (Å²) in [5, 5.41) is 17.9. The van der Waals surface area contributed by atoms with E-state index in [-0.39, 0.29) is 26.4 Å². The minimum absolute atomic E-state index is 0.0736. The number of aliphatic hydroxyl groups is 1. The first-order valence-electron chi connectivity index (χ1n) is 13.3. The maximum atomic E-state index is 10.4. The van der Waals surface area contributed by atoms with Crippen molar-refractivity contribution in [3.8, 4) is 0 Å². The third kappa shape index (κ3) is 28.5. The van der Waals surface area contributed by atoms with Gasteiger partial charge in [0.15, 0.2) is 5.44 Å². The zero-order chi connectivity index (χ0) is 23.6. The van der Waals surface area contributed by atoms with Gasteiger partial charge in [0.25, 0.3) is 0 Å². The van der Waals surface area contributed by atoms with Gasteiger partial charge in [-0.2, -0.15) is 0 Å². The number of hydrogen-bond donors (Lipinski definition) is 2. The number of unbranched alkanes of at least 4 members (excludes halogenated alkanes) is 12. The van der Waals surface area contributed by atoms with Crippen LogP contribution < -0.4 is 0 Å². The second-order valence-corrected chi connectivity index (χ2v) is 14.3. The van der Waals surface area contributed by atoms with E-state index < -0.39 is 11.4 Å². The van der Waals surface area contributed by atoms with Gasteiger partial charge in [-0.15, -0.1) is 11.8 Å². The molecule has 0 aliphatic carbocycles. The van der Waals surface area contributed by atoms with E-state index in [0.717, 1.165) is 31.0 Å². The van der Waals surface area contributed by atoms with Gasteiger partial charge in [0.1, 0.15) is 0 Å². The van der Waals surface area contributed by atoms with Crippen molar-refractivity contribution in [3.63, 3.8) is 0 Å². The molecule has 0 spiro atoms. The summed E-state index contributed by atoms with van der Waals surface area (Å²) >= 11 is 1.23. The van der Waals surface area contributed by atoms with Crippen LogP contribution in [0.15, 0.2) is 0 Å². The predicted octanol–water partition coefficient (Wildman–Crippen LogP) is 8.73. The van der Waals surface area contributed by atoms with E-state index in [1.807, 2.05) is 6.92 Å². The number of carboxylic acid groups (broad SMARTS) is 1. The van der Waals surface area contributed by atoms with Crippen molar-refractivity contribution in [3.05, 3.63) is 0 Å². The summed E-state index contributed by atoms with van der Waals surface area (Å²) in [6.07, 6.45) is 23.2. The zero-order valence-electron chi connectivity index (χ0n) is 21.3. The molecule has 2 atom stereocenters. The number of aliphatic hydroxyl groups excluding tert-OH is 1. The SMILES string of the molecule is CCCCCC(CC)SC(O)C(=O)O.CCCCCCC[CH2][Sn][CH2]CCCCCCC. The second-order valence-electron chi connectivity index (χ2n) is 8.64. The molecular weight excluding hydrogens is 511 g/mol. The van der Waals surface area contributed by atoms with Crippen molar-refractivity contribution in [2.75, 3.05) is 0 Å². The molecule has 0 bridgehead atoms. The van der Waals surface area contributed by atoms with E-state index in [1.54, 1.807) is 21.7 Å². The van der Waals surface area contributed by atoms with Crippen LogP contribution in [0.1, 0.15) is 137 Å². The monoisotopic (exact) mass is 566 g/mol. The Morgan fingerprint density at radius 3 is 1.55 bits per heavy atom. The number of carbonyl (C=O) groups is 1. The molecule has 0 aromatic carbocycles. The molecule has 2 unspecified atom stereocenters. The van der Waals surface area contributed by atoms with Crippen molar-refractivity contribution in [2.24, 2.45) is 0 Å². The summed E-state index contributed by atoms with van der Waals surface area (Å²) in [4.78, 5) is 10.4. The summed E-state index contributed by atoms with van der Waals surface area (Å²) < 4.78 is 3.31. The van der Waals surface area contributed by atoms with Crippen LogP contribution >= 0.6 is 11.8 Å². The standard InChI is InChI=1S/C10H20O3S.2C8H17.Sn/c1-3-5-6-7-8(4-2)14-10(13)9(11)12;2*1-3-5-7-8-6-4-2;/h8,10,13H,3-7H2,1-2H3,(H,11,12);2*1,3-8H2,2H3;. The van der Waals surface area contributed by atoms with Crippen LogP contribution in [0.25, 0.3) is 0 Å². The fraction of sp³-hybridized carbons (Fsp3) is 0.962. The number of aliphatic carboxylic acids is 1. The maximum absolute atomic E-state index is 10.4. The molecule has 0 aromatic rings. The number of carboxylic acids is 1. The van der Waals surface area contributed by atoms with Gasteiger partial charge >= 0.3 is 127 Å². The fourth-order valence-corrected chi connectivity index (χ4v) is 7.96. The third-order valence-electron chi connectivity index (χ3n) is 5.53. The Bertz CT molecular complexity index is 342. The molecule has 2 N–H and O–H groups in total. The molecule has 0 aliphatic rings. The summed E-state index contributed by atoms with van der Waals surface area (Å²) in [7, 11) is 0. The van der Waals surface area contributed by atoms with Crippen molar-refractivity contribution < 1.29 is 15.0 Å². The van der Waals surface area contributed by atoms with Gasteiger partial charge < -0.3 is 10.2 Å². The molecule has 31 heavy (non-hydrogen) atoms. The molecule has 3 nitrogen and oxygen atoms in total. The Hall–Kier alpha value is 0.579. The molecule has 0 saturated heterocycles. The van der Waals surface area contributed by atoms with Gasteiger partial charge in [0.2, 0.25) is 0 Å². The molecule has 0 fully saturated rings. The topological polar surface area (TPSA) is 57.5 Å². The van der Waals surface area contributed by atoms with Crippen molar-refractivity contribution in [1.82, 2.24) is 0 Å². The fourth-order valence-electron chi connectivity index (χ4n) is 3.42. The molecule has 5 heteroatoms. The van der Waals surface area contributed by atoms with Gasteiger partial charge in [0, 0.05) is 5.25 Å². The number of rotatable bonds is 22. The van der Waals surface area contributed by atoms with Crippen LogP contribution in [0.2, 0.25) is 8.87 Å². The normalized spacial score (nSPS) is 12.8. The Labute approximate surface area is 209 Å². The Morgan fingerprint density at radius 2 is 1.13 bits per heavy atom. The molecular formula is C26H54O3SSn. The van der Waals surface area contributed by atoms with E-state index in [1.165, 1.54) is 77.0 Å². The van der Waals surface area contributed by atoms with Gasteiger partial charge in [-0.3, -0.25) is 0 Å². The average Bonchev–Trinajstić information content (AvgIpc) is 2.76. The van der Waals surface area contributed by atoms with Crippen LogP contribution in [-0.2, 0) is 4.79 Å². The zero-order valence-corrected chi connectivity index (χ0v) is 25.0. The van der Waals surface area contributed by atoms with E-state index in [0.29, 0.717) is 0 Å². The second kappa shape index (κ2) is 28.6. The van der Waals surface area contributed by atoms with Crippen molar-refractivity contribution in [2.45, 2.75) is 156 Å². The molecule has 0 rings (SSSR count). The van der Waals surface area contributed by atoms with Crippen LogP contribution in [-0.4, -0.2) is 48.0 Å². The summed E-state index contributed by atoms with van der Waals surface area (Å²) in [5.74, 6) is -1.14. The Balaban J connectivity index is 0. The predicted molar refractivity (Wildman–Crippen MR) is 142 cm³/mol. The molecule has 0 aromatic heterocycles. The molecule has 0 heterocycles. The van der Waals surface area contributed by atoms with E-state index >= 15 is 0 Å². The molecule has 0 amide bonds. The minimum atomic E-state index is -1.26. The van der Waals surface area contributed by atoms with Crippen LogP contribution in [0, 0.1) is 0 Å². The number of thioether (sulfide) groups is 1. The average molecular weight is 565 g/mol.